The van der Waals surface area contributed by atoms with E-state index in [9.17, 15) is 9.18 Å². The summed E-state index contributed by atoms with van der Waals surface area (Å²) in [6.07, 6.45) is 1.63. The number of benzene rings is 1. The third kappa shape index (κ3) is 3.56. The van der Waals surface area contributed by atoms with Gasteiger partial charge in [-0.2, -0.15) is 0 Å². The van der Waals surface area contributed by atoms with Gasteiger partial charge in [0.25, 0.3) is 5.91 Å². The molecule has 1 aromatic heterocycles. The minimum Gasteiger partial charge on any atom is -0.370 e. The number of hydrogen-bond acceptors (Lipinski definition) is 3. The van der Waals surface area contributed by atoms with Gasteiger partial charge in [0, 0.05) is 31.9 Å². The highest BCUT2D eigenvalue weighted by Gasteiger charge is 2.17. The van der Waals surface area contributed by atoms with Crippen molar-refractivity contribution in [2.45, 2.75) is 13.5 Å². The van der Waals surface area contributed by atoms with Crippen LogP contribution in [-0.4, -0.2) is 29.4 Å². The molecule has 0 aliphatic heterocycles. The van der Waals surface area contributed by atoms with Crippen LogP contribution >= 0.6 is 0 Å². The zero-order valence-corrected chi connectivity index (χ0v) is 12.1. The first kappa shape index (κ1) is 15.0. The summed E-state index contributed by atoms with van der Waals surface area (Å²) in [5, 5.41) is 3.05. The number of halogens is 1. The van der Waals surface area contributed by atoms with Crippen LogP contribution in [0.2, 0.25) is 0 Å². The SMILES string of the molecule is CCNc1ncccc1C(=O)N(C)Cc1ccccc1F. The molecule has 1 amide bonds. The van der Waals surface area contributed by atoms with E-state index in [0.717, 1.165) is 0 Å². The van der Waals surface area contributed by atoms with E-state index in [-0.39, 0.29) is 18.3 Å². The Labute approximate surface area is 123 Å². The molecule has 5 heteroatoms. The number of hydrogen-bond donors (Lipinski definition) is 1. The Kier molecular flexibility index (Phi) is 4.87. The van der Waals surface area contributed by atoms with Crippen LogP contribution in [-0.2, 0) is 6.54 Å². The normalized spacial score (nSPS) is 10.2. The van der Waals surface area contributed by atoms with Crippen LogP contribution in [0.3, 0.4) is 0 Å². The van der Waals surface area contributed by atoms with Crippen molar-refractivity contribution in [3.63, 3.8) is 0 Å². The van der Waals surface area contributed by atoms with E-state index in [2.05, 4.69) is 10.3 Å². The predicted octanol–water partition coefficient (Wildman–Crippen LogP) is 2.92. The second-order valence-corrected chi connectivity index (χ2v) is 4.68. The summed E-state index contributed by atoms with van der Waals surface area (Å²) in [4.78, 5) is 18.1. The average molecular weight is 287 g/mol. The van der Waals surface area contributed by atoms with Crippen molar-refractivity contribution in [1.29, 1.82) is 0 Å². The quantitative estimate of drug-likeness (QED) is 0.919. The summed E-state index contributed by atoms with van der Waals surface area (Å²) in [7, 11) is 1.65. The molecule has 0 aliphatic rings. The van der Waals surface area contributed by atoms with Gasteiger partial charge in [0.15, 0.2) is 0 Å². The predicted molar refractivity (Wildman–Crippen MR) is 80.6 cm³/mol. The van der Waals surface area contributed by atoms with Gasteiger partial charge in [-0.15, -0.1) is 0 Å². The Morgan fingerprint density at radius 1 is 1.29 bits per heavy atom. The summed E-state index contributed by atoms with van der Waals surface area (Å²) >= 11 is 0. The van der Waals surface area contributed by atoms with Crippen molar-refractivity contribution >= 4 is 11.7 Å². The van der Waals surface area contributed by atoms with E-state index >= 15 is 0 Å². The van der Waals surface area contributed by atoms with Crippen molar-refractivity contribution in [2.24, 2.45) is 0 Å². The molecular weight excluding hydrogens is 269 g/mol. The van der Waals surface area contributed by atoms with E-state index < -0.39 is 0 Å². The molecule has 4 nitrogen and oxygen atoms in total. The molecule has 0 saturated carbocycles. The molecule has 0 radical (unpaired) electrons. The van der Waals surface area contributed by atoms with Crippen LogP contribution in [0.4, 0.5) is 10.2 Å². The third-order valence-electron chi connectivity index (χ3n) is 3.09. The number of aromatic nitrogens is 1. The number of amides is 1. The van der Waals surface area contributed by atoms with Crippen LogP contribution in [0.25, 0.3) is 0 Å². The van der Waals surface area contributed by atoms with Gasteiger partial charge in [0.1, 0.15) is 11.6 Å². The van der Waals surface area contributed by atoms with Crippen molar-refractivity contribution in [3.05, 3.63) is 59.5 Å². The van der Waals surface area contributed by atoms with Gasteiger partial charge >= 0.3 is 0 Å². The Bertz CT molecular complexity index is 630. The Morgan fingerprint density at radius 3 is 2.76 bits per heavy atom. The first-order valence-electron chi connectivity index (χ1n) is 6.81. The van der Waals surface area contributed by atoms with Crippen LogP contribution in [0.15, 0.2) is 42.6 Å². The van der Waals surface area contributed by atoms with Crippen LogP contribution < -0.4 is 5.32 Å². The maximum absolute atomic E-state index is 13.7. The smallest absolute Gasteiger partial charge is 0.257 e. The Balaban J connectivity index is 2.18. The number of carbonyl (C=O) groups excluding carboxylic acids is 1. The van der Waals surface area contributed by atoms with Gasteiger partial charge in [0.05, 0.1) is 5.56 Å². The first-order chi connectivity index (χ1) is 10.1. The molecule has 0 atom stereocenters. The number of anilines is 1. The summed E-state index contributed by atoms with van der Waals surface area (Å²) in [6.45, 7) is 2.83. The lowest BCUT2D eigenvalue weighted by Crippen LogP contribution is -2.27. The lowest BCUT2D eigenvalue weighted by Gasteiger charge is -2.19. The molecule has 0 fully saturated rings. The highest BCUT2D eigenvalue weighted by atomic mass is 19.1. The summed E-state index contributed by atoms with van der Waals surface area (Å²) in [6, 6.07) is 9.88. The van der Waals surface area contributed by atoms with Gasteiger partial charge in [-0.3, -0.25) is 4.79 Å². The maximum atomic E-state index is 13.7. The van der Waals surface area contributed by atoms with E-state index in [1.54, 1.807) is 43.6 Å². The van der Waals surface area contributed by atoms with Gasteiger partial charge in [-0.25, -0.2) is 9.37 Å². The maximum Gasteiger partial charge on any atom is 0.257 e. The van der Waals surface area contributed by atoms with Crippen molar-refractivity contribution in [3.8, 4) is 0 Å². The highest BCUT2D eigenvalue weighted by Crippen LogP contribution is 2.16. The lowest BCUT2D eigenvalue weighted by atomic mass is 10.1. The average Bonchev–Trinajstić information content (AvgIpc) is 2.50. The number of pyridine rings is 1. The van der Waals surface area contributed by atoms with Crippen molar-refractivity contribution < 1.29 is 9.18 Å². The number of rotatable bonds is 5. The van der Waals surface area contributed by atoms with Crippen LogP contribution in [0.1, 0.15) is 22.8 Å². The minimum absolute atomic E-state index is 0.192. The summed E-state index contributed by atoms with van der Waals surface area (Å²) in [5.41, 5.74) is 0.973. The second kappa shape index (κ2) is 6.83. The zero-order chi connectivity index (χ0) is 15.2. The molecule has 0 saturated heterocycles. The van der Waals surface area contributed by atoms with E-state index in [0.29, 0.717) is 23.5 Å². The zero-order valence-electron chi connectivity index (χ0n) is 12.1. The fraction of sp³-hybridized carbons (Fsp3) is 0.250. The number of nitrogens with zero attached hydrogens (tertiary/aromatic N) is 2. The molecule has 1 heterocycles. The molecule has 110 valence electrons. The van der Waals surface area contributed by atoms with Gasteiger partial charge in [-0.1, -0.05) is 18.2 Å². The van der Waals surface area contributed by atoms with Crippen LogP contribution in [0.5, 0.6) is 0 Å². The summed E-state index contributed by atoms with van der Waals surface area (Å²) in [5.74, 6) is 0.0444. The number of nitrogens with one attached hydrogen (secondary N) is 1. The van der Waals surface area contributed by atoms with Gasteiger partial charge < -0.3 is 10.2 Å². The monoisotopic (exact) mass is 287 g/mol. The Hall–Kier alpha value is -2.43. The molecule has 0 spiro atoms. The standard InChI is InChI=1S/C16H18FN3O/c1-3-18-15-13(8-6-10-19-15)16(21)20(2)11-12-7-4-5-9-14(12)17/h4-10H,3,11H2,1-2H3,(H,18,19). The molecule has 0 unspecified atom stereocenters. The lowest BCUT2D eigenvalue weighted by molar-refractivity contribution is 0.0784. The number of carbonyl (C=O) groups is 1. The van der Waals surface area contributed by atoms with E-state index in [4.69, 9.17) is 0 Å². The molecule has 1 aromatic carbocycles. The molecular formula is C16H18FN3O. The fourth-order valence-electron chi connectivity index (χ4n) is 2.05. The summed E-state index contributed by atoms with van der Waals surface area (Å²) < 4.78 is 13.7. The van der Waals surface area contributed by atoms with E-state index in [1.165, 1.54) is 11.0 Å². The molecule has 2 aromatic rings. The Morgan fingerprint density at radius 2 is 2.05 bits per heavy atom. The van der Waals surface area contributed by atoms with Crippen molar-refractivity contribution in [2.75, 3.05) is 18.9 Å². The largest absolute Gasteiger partial charge is 0.370 e. The first-order valence-corrected chi connectivity index (χ1v) is 6.81. The second-order valence-electron chi connectivity index (χ2n) is 4.68. The minimum atomic E-state index is -0.310. The molecule has 0 aliphatic carbocycles. The van der Waals surface area contributed by atoms with E-state index in [1.807, 2.05) is 6.92 Å². The highest BCUT2D eigenvalue weighted by molar-refractivity contribution is 5.98. The van der Waals surface area contributed by atoms with Gasteiger partial charge in [-0.05, 0) is 25.1 Å². The van der Waals surface area contributed by atoms with Crippen LogP contribution in [0, 0.1) is 5.82 Å². The molecule has 21 heavy (non-hydrogen) atoms. The topological polar surface area (TPSA) is 45.2 Å². The third-order valence-corrected chi connectivity index (χ3v) is 3.09. The molecule has 2 rings (SSSR count). The van der Waals surface area contributed by atoms with Gasteiger partial charge in [0.2, 0.25) is 0 Å². The molecule has 1 N–H and O–H groups in total. The van der Waals surface area contributed by atoms with Crippen molar-refractivity contribution in [1.82, 2.24) is 9.88 Å². The fourth-order valence-corrected chi connectivity index (χ4v) is 2.05. The molecule has 0 bridgehead atoms.